The van der Waals surface area contributed by atoms with Gasteiger partial charge in [-0.15, -0.1) is 0 Å². The maximum Gasteiger partial charge on any atom is 0.335 e. The Balaban J connectivity index is 1.74. The molecule has 1 heterocycles. The van der Waals surface area contributed by atoms with Gasteiger partial charge in [0.1, 0.15) is 5.71 Å². The fraction of sp³-hybridized carbons (Fsp3) is 0.235. The molecule has 2 aromatic rings. The molecule has 0 spiro atoms. The number of carbonyl (C=O) groups is 1. The zero-order chi connectivity index (χ0) is 17.2. The molecule has 0 unspecified atom stereocenters. The molecule has 7 heteroatoms. The monoisotopic (exact) mass is 329 g/mol. The third kappa shape index (κ3) is 5.45. The van der Waals surface area contributed by atoms with Crippen molar-refractivity contribution < 1.29 is 19.8 Å². The van der Waals surface area contributed by atoms with E-state index in [4.69, 9.17) is 15.1 Å². The first-order valence-electron chi connectivity index (χ1n) is 7.43. The average molecular weight is 329 g/mol. The Morgan fingerprint density at radius 2 is 2.04 bits per heavy atom. The van der Waals surface area contributed by atoms with Crippen molar-refractivity contribution in [1.82, 2.24) is 10.3 Å². The molecule has 0 bridgehead atoms. The lowest BCUT2D eigenvalue weighted by Crippen LogP contribution is -2.21. The van der Waals surface area contributed by atoms with Gasteiger partial charge in [-0.1, -0.05) is 35.5 Å². The number of aromatic nitrogens is 1. The summed E-state index contributed by atoms with van der Waals surface area (Å²) in [6, 6.07) is 12.7. The van der Waals surface area contributed by atoms with Crippen LogP contribution in [-0.4, -0.2) is 46.7 Å². The van der Waals surface area contributed by atoms with E-state index < -0.39 is 5.97 Å². The molecule has 1 aromatic carbocycles. The molecule has 0 fully saturated rings. The normalized spacial score (nSPS) is 11.4. The van der Waals surface area contributed by atoms with Crippen LogP contribution in [-0.2, 0) is 11.3 Å². The largest absolute Gasteiger partial charge is 0.478 e. The van der Waals surface area contributed by atoms with Crippen LogP contribution in [0.1, 0.15) is 21.6 Å². The Bertz CT molecular complexity index is 689. The minimum atomic E-state index is -1.07. The van der Waals surface area contributed by atoms with Crippen LogP contribution in [0.4, 0.5) is 0 Å². The van der Waals surface area contributed by atoms with Crippen molar-refractivity contribution in [3.63, 3.8) is 0 Å². The molecule has 7 nitrogen and oxygen atoms in total. The maximum atomic E-state index is 10.9. The second-order valence-corrected chi connectivity index (χ2v) is 5.00. The Labute approximate surface area is 139 Å². The van der Waals surface area contributed by atoms with Crippen LogP contribution in [0, 0.1) is 0 Å². The first-order valence-corrected chi connectivity index (χ1v) is 7.43. The summed E-state index contributed by atoms with van der Waals surface area (Å²) in [6.07, 6.45) is 1.35. The van der Waals surface area contributed by atoms with Gasteiger partial charge in [-0.25, -0.2) is 4.79 Å². The Morgan fingerprint density at radius 3 is 2.75 bits per heavy atom. The van der Waals surface area contributed by atoms with Gasteiger partial charge in [0.15, 0.2) is 0 Å². The van der Waals surface area contributed by atoms with E-state index in [1.54, 1.807) is 0 Å². The maximum absolute atomic E-state index is 10.9. The number of benzene rings is 1. The third-order valence-electron chi connectivity index (χ3n) is 3.26. The number of oxime groups is 1. The minimum Gasteiger partial charge on any atom is -0.478 e. The standard InChI is InChI=1S/C17H19N3O4/c21-17(22)14-6-7-19-15(10-14)16(20-23)12-24-9-8-18-11-13-4-2-1-3-5-13/h1-7,10,18,23H,8-9,11-12H2,(H,21,22)/b20-16+. The zero-order valence-electron chi connectivity index (χ0n) is 13.1. The van der Waals surface area contributed by atoms with E-state index in [2.05, 4.69) is 15.5 Å². The van der Waals surface area contributed by atoms with Crippen LogP contribution in [0.5, 0.6) is 0 Å². The zero-order valence-corrected chi connectivity index (χ0v) is 13.1. The number of nitrogens with one attached hydrogen (secondary N) is 1. The molecule has 0 aliphatic heterocycles. The number of hydrogen-bond donors (Lipinski definition) is 3. The number of pyridine rings is 1. The van der Waals surface area contributed by atoms with Gasteiger partial charge in [0.05, 0.1) is 24.5 Å². The summed E-state index contributed by atoms with van der Waals surface area (Å²) < 4.78 is 5.44. The SMILES string of the molecule is O=C(O)c1ccnc(/C(COCCNCc2ccccc2)=N/O)c1. The van der Waals surface area contributed by atoms with Gasteiger partial charge in [-0.05, 0) is 17.7 Å². The molecule has 0 saturated carbocycles. The highest BCUT2D eigenvalue weighted by molar-refractivity contribution is 6.01. The number of carboxylic acids is 1. The molecule has 0 atom stereocenters. The third-order valence-corrected chi connectivity index (χ3v) is 3.26. The first-order chi connectivity index (χ1) is 11.7. The van der Waals surface area contributed by atoms with Crippen LogP contribution < -0.4 is 5.32 Å². The average Bonchev–Trinajstić information content (AvgIpc) is 2.62. The van der Waals surface area contributed by atoms with E-state index in [-0.39, 0.29) is 23.6 Å². The summed E-state index contributed by atoms with van der Waals surface area (Å²) in [4.78, 5) is 14.9. The van der Waals surface area contributed by atoms with Crippen LogP contribution in [0.3, 0.4) is 0 Å². The fourth-order valence-corrected chi connectivity index (χ4v) is 2.02. The lowest BCUT2D eigenvalue weighted by Gasteiger charge is -2.08. The second kappa shape index (κ2) is 9.39. The lowest BCUT2D eigenvalue weighted by molar-refractivity contribution is 0.0696. The second-order valence-electron chi connectivity index (χ2n) is 5.00. The number of rotatable bonds is 9. The number of aromatic carboxylic acids is 1. The van der Waals surface area contributed by atoms with E-state index in [1.165, 1.54) is 23.9 Å². The predicted molar refractivity (Wildman–Crippen MR) is 88.5 cm³/mol. The van der Waals surface area contributed by atoms with Gasteiger partial charge < -0.3 is 20.4 Å². The van der Waals surface area contributed by atoms with Crippen molar-refractivity contribution in [2.75, 3.05) is 19.8 Å². The van der Waals surface area contributed by atoms with Crippen LogP contribution in [0.2, 0.25) is 0 Å². The Hall–Kier alpha value is -2.77. The summed E-state index contributed by atoms with van der Waals surface area (Å²) in [7, 11) is 0. The minimum absolute atomic E-state index is 0.0413. The highest BCUT2D eigenvalue weighted by atomic mass is 16.5. The van der Waals surface area contributed by atoms with E-state index in [0.29, 0.717) is 13.2 Å². The van der Waals surface area contributed by atoms with Crippen molar-refractivity contribution in [1.29, 1.82) is 0 Å². The van der Waals surface area contributed by atoms with Gasteiger partial charge >= 0.3 is 5.97 Å². The lowest BCUT2D eigenvalue weighted by atomic mass is 10.2. The predicted octanol–water partition coefficient (Wildman–Crippen LogP) is 1.76. The molecule has 0 aliphatic carbocycles. The highest BCUT2D eigenvalue weighted by Crippen LogP contribution is 2.04. The summed E-state index contributed by atoms with van der Waals surface area (Å²) in [5, 5.41) is 24.4. The number of carboxylic acid groups (broad SMARTS) is 1. The Kier molecular flexibility index (Phi) is 6.88. The fourth-order valence-electron chi connectivity index (χ4n) is 2.02. The molecule has 1 aromatic heterocycles. The summed E-state index contributed by atoms with van der Waals surface area (Å²) >= 11 is 0. The van der Waals surface area contributed by atoms with Gasteiger partial charge in [0.25, 0.3) is 0 Å². The van der Waals surface area contributed by atoms with Crippen molar-refractivity contribution in [3.8, 4) is 0 Å². The molecule has 0 aliphatic rings. The van der Waals surface area contributed by atoms with Gasteiger partial charge in [-0.2, -0.15) is 0 Å². The highest BCUT2D eigenvalue weighted by Gasteiger charge is 2.10. The van der Waals surface area contributed by atoms with E-state index in [1.807, 2.05) is 30.3 Å². The summed E-state index contributed by atoms with van der Waals surface area (Å²) in [5.74, 6) is -1.07. The smallest absolute Gasteiger partial charge is 0.335 e. The first kappa shape index (κ1) is 17.6. The number of nitrogens with zero attached hydrogens (tertiary/aromatic N) is 2. The molecule has 2 rings (SSSR count). The van der Waals surface area contributed by atoms with Crippen molar-refractivity contribution in [2.45, 2.75) is 6.54 Å². The molecule has 3 N–H and O–H groups in total. The Morgan fingerprint density at radius 1 is 1.25 bits per heavy atom. The van der Waals surface area contributed by atoms with Crippen molar-refractivity contribution in [3.05, 3.63) is 65.5 Å². The molecular formula is C17H19N3O4. The molecular weight excluding hydrogens is 310 g/mol. The topological polar surface area (TPSA) is 104 Å². The van der Waals surface area contributed by atoms with Crippen LogP contribution >= 0.6 is 0 Å². The molecule has 126 valence electrons. The van der Waals surface area contributed by atoms with Crippen molar-refractivity contribution >= 4 is 11.7 Å². The molecule has 24 heavy (non-hydrogen) atoms. The van der Waals surface area contributed by atoms with E-state index in [9.17, 15) is 4.79 Å². The molecule has 0 saturated heterocycles. The van der Waals surface area contributed by atoms with Crippen molar-refractivity contribution in [2.24, 2.45) is 5.16 Å². The van der Waals surface area contributed by atoms with E-state index in [0.717, 1.165) is 6.54 Å². The van der Waals surface area contributed by atoms with Crippen LogP contribution in [0.25, 0.3) is 0 Å². The van der Waals surface area contributed by atoms with Gasteiger partial charge in [-0.3, -0.25) is 4.98 Å². The number of hydrogen-bond acceptors (Lipinski definition) is 6. The summed E-state index contributed by atoms with van der Waals surface area (Å²) in [5.41, 5.74) is 1.71. The molecule has 0 radical (unpaired) electrons. The van der Waals surface area contributed by atoms with E-state index >= 15 is 0 Å². The van der Waals surface area contributed by atoms with Gasteiger partial charge in [0, 0.05) is 19.3 Å². The molecule has 0 amide bonds. The summed E-state index contributed by atoms with van der Waals surface area (Å²) in [6.45, 7) is 1.84. The van der Waals surface area contributed by atoms with Crippen LogP contribution in [0.15, 0.2) is 53.8 Å². The van der Waals surface area contributed by atoms with Gasteiger partial charge in [0.2, 0.25) is 0 Å². The number of ether oxygens (including phenoxy) is 1. The quantitative estimate of drug-likeness (QED) is 0.280.